The zero-order chi connectivity index (χ0) is 12.3. The summed E-state index contributed by atoms with van der Waals surface area (Å²) in [4.78, 5) is 0. The third-order valence-corrected chi connectivity index (χ3v) is 2.49. The van der Waals surface area contributed by atoms with Gasteiger partial charge in [0.1, 0.15) is 0 Å². The van der Waals surface area contributed by atoms with Gasteiger partial charge in [-0.05, 0) is 43.3 Å². The Morgan fingerprint density at radius 3 is 2.44 bits per heavy atom. The number of aryl methyl sites for hydroxylation is 2. The van der Waals surface area contributed by atoms with E-state index in [9.17, 15) is 0 Å². The molecule has 0 amide bonds. The third-order valence-electron chi connectivity index (χ3n) is 2.00. The molecule has 0 aliphatic rings. The van der Waals surface area contributed by atoms with Crippen LogP contribution in [0.3, 0.4) is 0 Å². The van der Waals surface area contributed by atoms with Crippen molar-refractivity contribution in [3.63, 3.8) is 0 Å². The number of rotatable bonds is 2. The molecule has 88 valence electrons. The van der Waals surface area contributed by atoms with E-state index < -0.39 is 0 Å². The summed E-state index contributed by atoms with van der Waals surface area (Å²) < 4.78 is 0. The molecule has 0 atom stereocenters. The Morgan fingerprint density at radius 2 is 1.94 bits per heavy atom. The Hall–Kier alpha value is -0.840. The number of nitrogens with zero attached hydrogens (tertiary/aromatic N) is 1. The number of anilines is 1. The first kappa shape index (κ1) is 13.2. The van der Waals surface area contributed by atoms with Crippen LogP contribution in [0, 0.1) is 13.8 Å². The van der Waals surface area contributed by atoms with Gasteiger partial charge in [-0.25, -0.2) is 5.01 Å². The van der Waals surface area contributed by atoms with Crippen molar-refractivity contribution in [3.8, 4) is 0 Å². The van der Waals surface area contributed by atoms with Gasteiger partial charge in [-0.3, -0.25) is 5.43 Å². The summed E-state index contributed by atoms with van der Waals surface area (Å²) in [7, 11) is 3.75. The number of hydrazine groups is 1. The summed E-state index contributed by atoms with van der Waals surface area (Å²) in [5, 5.41) is 6.06. The molecule has 0 aliphatic heterocycles. The Kier molecular flexibility index (Phi) is 4.53. The average molecular weight is 258 g/mol. The van der Waals surface area contributed by atoms with Crippen molar-refractivity contribution < 1.29 is 0 Å². The van der Waals surface area contributed by atoms with E-state index in [2.05, 4.69) is 16.8 Å². The lowest BCUT2D eigenvalue weighted by Crippen LogP contribution is -2.39. The number of halogens is 1. The van der Waals surface area contributed by atoms with Crippen LogP contribution in [0.25, 0.3) is 0 Å². The fraction of sp³-hybridized carbons (Fsp3) is 0.364. The van der Waals surface area contributed by atoms with Crippen LogP contribution in [0.4, 0.5) is 5.69 Å². The van der Waals surface area contributed by atoms with E-state index in [1.54, 1.807) is 5.01 Å². The number of benzene rings is 1. The molecule has 0 unspecified atom stereocenters. The van der Waals surface area contributed by atoms with Gasteiger partial charge in [0.15, 0.2) is 5.11 Å². The number of nitrogens with one attached hydrogen (secondary N) is 2. The molecule has 2 N–H and O–H groups in total. The number of hydrogen-bond acceptors (Lipinski definition) is 2. The molecule has 5 heteroatoms. The standard InChI is InChI=1S/C11H16ClN3S/c1-7-5-8(2)10(9(12)6-7)13-11(16)14-15(3)4/h5-6H,1-4H3,(H2,13,14,16). The van der Waals surface area contributed by atoms with Crippen molar-refractivity contribution in [1.82, 2.24) is 10.4 Å². The Morgan fingerprint density at radius 1 is 1.31 bits per heavy atom. The van der Waals surface area contributed by atoms with Crippen molar-refractivity contribution in [1.29, 1.82) is 0 Å². The van der Waals surface area contributed by atoms with E-state index in [1.807, 2.05) is 34.0 Å². The molecule has 0 aliphatic carbocycles. The minimum absolute atomic E-state index is 0.527. The number of thiocarbonyl (C=S) groups is 1. The minimum atomic E-state index is 0.527. The highest BCUT2D eigenvalue weighted by Gasteiger charge is 2.07. The van der Waals surface area contributed by atoms with E-state index in [-0.39, 0.29) is 0 Å². The van der Waals surface area contributed by atoms with Crippen LogP contribution >= 0.6 is 23.8 Å². The minimum Gasteiger partial charge on any atom is -0.330 e. The normalized spacial score (nSPS) is 10.4. The molecule has 3 nitrogen and oxygen atoms in total. The molecular weight excluding hydrogens is 242 g/mol. The summed E-state index contributed by atoms with van der Waals surface area (Å²) in [5.41, 5.74) is 6.02. The molecule has 0 radical (unpaired) electrons. The third kappa shape index (κ3) is 3.63. The summed E-state index contributed by atoms with van der Waals surface area (Å²) >= 11 is 11.3. The molecule has 1 aromatic carbocycles. The van der Waals surface area contributed by atoms with Crippen molar-refractivity contribution in [2.45, 2.75) is 13.8 Å². The van der Waals surface area contributed by atoms with Crippen LogP contribution in [0.15, 0.2) is 12.1 Å². The second-order valence-corrected chi connectivity index (χ2v) is 4.71. The average Bonchev–Trinajstić information content (AvgIpc) is 2.09. The highest BCUT2D eigenvalue weighted by Crippen LogP contribution is 2.27. The van der Waals surface area contributed by atoms with Crippen molar-refractivity contribution >= 4 is 34.6 Å². The first-order valence-corrected chi connectivity index (χ1v) is 5.70. The Bertz CT molecular complexity index is 381. The van der Waals surface area contributed by atoms with Gasteiger partial charge in [0.05, 0.1) is 10.7 Å². The maximum atomic E-state index is 6.15. The fourth-order valence-corrected chi connectivity index (χ4v) is 2.07. The maximum Gasteiger partial charge on any atom is 0.185 e. The van der Waals surface area contributed by atoms with Gasteiger partial charge in [0, 0.05) is 14.1 Å². The highest BCUT2D eigenvalue weighted by atomic mass is 35.5. The molecule has 16 heavy (non-hydrogen) atoms. The fourth-order valence-electron chi connectivity index (χ4n) is 1.42. The molecular formula is C11H16ClN3S. The largest absolute Gasteiger partial charge is 0.330 e. The zero-order valence-electron chi connectivity index (χ0n) is 9.89. The lowest BCUT2D eigenvalue weighted by molar-refractivity contribution is 0.365. The Labute approximate surface area is 107 Å². The van der Waals surface area contributed by atoms with Crippen molar-refractivity contribution in [3.05, 3.63) is 28.3 Å². The molecule has 0 heterocycles. The topological polar surface area (TPSA) is 27.3 Å². The van der Waals surface area contributed by atoms with Gasteiger partial charge in [0.2, 0.25) is 0 Å². The second-order valence-electron chi connectivity index (χ2n) is 3.90. The van der Waals surface area contributed by atoms with Gasteiger partial charge in [0.25, 0.3) is 0 Å². The molecule has 0 saturated heterocycles. The van der Waals surface area contributed by atoms with Gasteiger partial charge in [-0.15, -0.1) is 0 Å². The quantitative estimate of drug-likeness (QED) is 0.629. The summed E-state index contributed by atoms with van der Waals surface area (Å²) in [5.74, 6) is 0. The van der Waals surface area contributed by atoms with Gasteiger partial charge in [-0.2, -0.15) is 0 Å². The lowest BCUT2D eigenvalue weighted by atomic mass is 10.1. The Balaban J connectivity index is 2.85. The molecule has 0 saturated carbocycles. The molecule has 1 rings (SSSR count). The van der Waals surface area contributed by atoms with E-state index >= 15 is 0 Å². The molecule has 0 fully saturated rings. The van der Waals surface area contributed by atoms with Crippen LogP contribution in [-0.2, 0) is 0 Å². The van der Waals surface area contributed by atoms with Crippen LogP contribution < -0.4 is 10.7 Å². The van der Waals surface area contributed by atoms with E-state index in [0.29, 0.717) is 10.1 Å². The highest BCUT2D eigenvalue weighted by molar-refractivity contribution is 7.80. The second kappa shape index (κ2) is 5.48. The van der Waals surface area contributed by atoms with E-state index in [0.717, 1.165) is 16.8 Å². The van der Waals surface area contributed by atoms with Gasteiger partial charge < -0.3 is 5.32 Å². The summed E-state index contributed by atoms with van der Waals surface area (Å²) in [6.45, 7) is 4.01. The number of hydrogen-bond donors (Lipinski definition) is 2. The van der Waals surface area contributed by atoms with E-state index in [1.165, 1.54) is 0 Å². The van der Waals surface area contributed by atoms with Crippen molar-refractivity contribution in [2.24, 2.45) is 0 Å². The van der Waals surface area contributed by atoms with Crippen LogP contribution in [0.5, 0.6) is 0 Å². The first-order valence-electron chi connectivity index (χ1n) is 4.92. The van der Waals surface area contributed by atoms with Crippen LogP contribution in [0.1, 0.15) is 11.1 Å². The van der Waals surface area contributed by atoms with Crippen LogP contribution in [0.2, 0.25) is 5.02 Å². The summed E-state index contributed by atoms with van der Waals surface area (Å²) in [6.07, 6.45) is 0. The monoisotopic (exact) mass is 257 g/mol. The van der Waals surface area contributed by atoms with E-state index in [4.69, 9.17) is 23.8 Å². The maximum absolute atomic E-state index is 6.15. The predicted molar refractivity (Wildman–Crippen MR) is 74.0 cm³/mol. The molecule has 1 aromatic rings. The molecule has 0 bridgehead atoms. The van der Waals surface area contributed by atoms with Crippen LogP contribution in [-0.4, -0.2) is 24.2 Å². The molecule has 0 aromatic heterocycles. The first-order chi connectivity index (χ1) is 7.40. The predicted octanol–water partition coefficient (Wildman–Crippen LogP) is 2.72. The van der Waals surface area contributed by atoms with Gasteiger partial charge >= 0.3 is 0 Å². The SMILES string of the molecule is Cc1cc(C)c(NC(=S)NN(C)C)c(Cl)c1. The lowest BCUT2D eigenvalue weighted by Gasteiger charge is -2.17. The van der Waals surface area contributed by atoms with Gasteiger partial charge in [-0.1, -0.05) is 17.7 Å². The smallest absolute Gasteiger partial charge is 0.185 e. The molecule has 0 spiro atoms. The summed E-state index contributed by atoms with van der Waals surface area (Å²) in [6, 6.07) is 3.97. The van der Waals surface area contributed by atoms with Crippen molar-refractivity contribution in [2.75, 3.05) is 19.4 Å². The zero-order valence-corrected chi connectivity index (χ0v) is 11.5.